The SMILES string of the molecule is Cl.FC(F)(F)[C@H](c1cccc(OCc2ccccc2)c1)N1CCNCC1. The topological polar surface area (TPSA) is 24.5 Å². The minimum absolute atomic E-state index is 0. The summed E-state index contributed by atoms with van der Waals surface area (Å²) >= 11 is 0. The summed E-state index contributed by atoms with van der Waals surface area (Å²) in [6.07, 6.45) is -4.32. The average Bonchev–Trinajstić information content (AvgIpc) is 2.61. The lowest BCUT2D eigenvalue weighted by Crippen LogP contribution is -2.49. The average molecular weight is 387 g/mol. The third-order valence-corrected chi connectivity index (χ3v) is 4.25. The molecular formula is C19H22ClF3N2O. The van der Waals surface area contributed by atoms with Gasteiger partial charge < -0.3 is 10.1 Å². The van der Waals surface area contributed by atoms with Crippen molar-refractivity contribution in [2.75, 3.05) is 26.2 Å². The van der Waals surface area contributed by atoms with Crippen LogP contribution in [0.2, 0.25) is 0 Å². The van der Waals surface area contributed by atoms with Crippen molar-refractivity contribution in [3.05, 3.63) is 65.7 Å². The number of hydrogen-bond acceptors (Lipinski definition) is 3. The van der Waals surface area contributed by atoms with Crippen LogP contribution in [-0.4, -0.2) is 37.3 Å². The number of nitrogens with zero attached hydrogens (tertiary/aromatic N) is 1. The van der Waals surface area contributed by atoms with E-state index < -0.39 is 12.2 Å². The Kier molecular flexibility index (Phi) is 7.32. The van der Waals surface area contributed by atoms with Crippen molar-refractivity contribution in [1.82, 2.24) is 10.2 Å². The lowest BCUT2D eigenvalue weighted by atomic mass is 10.0. The molecule has 3 nitrogen and oxygen atoms in total. The van der Waals surface area contributed by atoms with Gasteiger partial charge in [0.1, 0.15) is 18.4 Å². The molecule has 0 bridgehead atoms. The molecule has 1 heterocycles. The van der Waals surface area contributed by atoms with Crippen molar-refractivity contribution in [3.63, 3.8) is 0 Å². The van der Waals surface area contributed by atoms with E-state index in [0.29, 0.717) is 38.5 Å². The summed E-state index contributed by atoms with van der Waals surface area (Å²) in [7, 11) is 0. The molecule has 3 rings (SSSR count). The van der Waals surface area contributed by atoms with Crippen LogP contribution in [0.25, 0.3) is 0 Å². The Morgan fingerprint density at radius 2 is 1.69 bits per heavy atom. The van der Waals surface area contributed by atoms with Crippen LogP contribution in [0, 0.1) is 0 Å². The minimum atomic E-state index is -4.32. The largest absolute Gasteiger partial charge is 0.489 e. The van der Waals surface area contributed by atoms with Gasteiger partial charge in [-0.25, -0.2) is 0 Å². The molecule has 26 heavy (non-hydrogen) atoms. The third-order valence-electron chi connectivity index (χ3n) is 4.25. The first kappa shape index (κ1) is 20.6. The second kappa shape index (κ2) is 9.26. The minimum Gasteiger partial charge on any atom is -0.489 e. The molecule has 2 aromatic rings. The summed E-state index contributed by atoms with van der Waals surface area (Å²) in [5.74, 6) is 0.450. The van der Waals surface area contributed by atoms with E-state index in [1.165, 1.54) is 17.0 Å². The quantitative estimate of drug-likeness (QED) is 0.833. The highest BCUT2D eigenvalue weighted by Gasteiger charge is 2.44. The van der Waals surface area contributed by atoms with Crippen molar-refractivity contribution in [1.29, 1.82) is 0 Å². The number of nitrogens with one attached hydrogen (secondary N) is 1. The van der Waals surface area contributed by atoms with Crippen LogP contribution in [0.1, 0.15) is 17.2 Å². The Morgan fingerprint density at radius 3 is 2.35 bits per heavy atom. The summed E-state index contributed by atoms with van der Waals surface area (Å²) in [5, 5.41) is 3.09. The van der Waals surface area contributed by atoms with Gasteiger partial charge in [-0.15, -0.1) is 12.4 Å². The molecule has 0 spiro atoms. The zero-order chi connectivity index (χ0) is 17.7. The van der Waals surface area contributed by atoms with Gasteiger partial charge in [-0.2, -0.15) is 13.2 Å². The van der Waals surface area contributed by atoms with Gasteiger partial charge >= 0.3 is 6.18 Å². The van der Waals surface area contributed by atoms with Crippen LogP contribution in [0.4, 0.5) is 13.2 Å². The van der Waals surface area contributed by atoms with Crippen LogP contribution in [0.15, 0.2) is 54.6 Å². The molecule has 1 N–H and O–H groups in total. The van der Waals surface area contributed by atoms with E-state index in [1.807, 2.05) is 30.3 Å². The standard InChI is InChI=1S/C19H21F3N2O.ClH/c20-19(21,22)18(24-11-9-23-10-12-24)16-7-4-8-17(13-16)25-14-15-5-2-1-3-6-15;/h1-8,13,18,23H,9-12,14H2;1H/t18-;/m0./s1. The van der Waals surface area contributed by atoms with Gasteiger partial charge in [0.05, 0.1) is 0 Å². The summed E-state index contributed by atoms with van der Waals surface area (Å²) < 4.78 is 46.7. The summed E-state index contributed by atoms with van der Waals surface area (Å²) in [4.78, 5) is 1.48. The molecule has 7 heteroatoms. The number of benzene rings is 2. The molecule has 1 aliphatic rings. The van der Waals surface area contributed by atoms with Crippen molar-refractivity contribution >= 4 is 12.4 Å². The third kappa shape index (κ3) is 5.37. The number of rotatable bonds is 5. The number of piperazine rings is 1. The molecular weight excluding hydrogens is 365 g/mol. The van der Waals surface area contributed by atoms with E-state index in [-0.39, 0.29) is 18.0 Å². The lowest BCUT2D eigenvalue weighted by Gasteiger charge is -2.36. The molecule has 2 aromatic carbocycles. The van der Waals surface area contributed by atoms with Crippen LogP contribution in [-0.2, 0) is 6.61 Å². The predicted molar refractivity (Wildman–Crippen MR) is 97.7 cm³/mol. The molecule has 1 fully saturated rings. The van der Waals surface area contributed by atoms with E-state index in [0.717, 1.165) is 5.56 Å². The highest BCUT2D eigenvalue weighted by Crippen LogP contribution is 2.38. The van der Waals surface area contributed by atoms with Gasteiger partial charge in [-0.3, -0.25) is 4.90 Å². The van der Waals surface area contributed by atoms with Crippen molar-refractivity contribution < 1.29 is 17.9 Å². The maximum Gasteiger partial charge on any atom is 0.408 e. The van der Waals surface area contributed by atoms with Crippen LogP contribution >= 0.6 is 12.4 Å². The van der Waals surface area contributed by atoms with Crippen molar-refractivity contribution in [2.45, 2.75) is 18.8 Å². The highest BCUT2D eigenvalue weighted by molar-refractivity contribution is 5.85. The fourth-order valence-electron chi connectivity index (χ4n) is 3.06. The number of ether oxygens (including phenoxy) is 1. The fourth-order valence-corrected chi connectivity index (χ4v) is 3.06. The lowest BCUT2D eigenvalue weighted by molar-refractivity contribution is -0.187. The zero-order valence-electron chi connectivity index (χ0n) is 14.2. The van der Waals surface area contributed by atoms with Crippen LogP contribution in [0.3, 0.4) is 0 Å². The Bertz CT molecular complexity index is 676. The van der Waals surface area contributed by atoms with Crippen LogP contribution in [0.5, 0.6) is 5.75 Å². The van der Waals surface area contributed by atoms with E-state index >= 15 is 0 Å². The molecule has 142 valence electrons. The first-order valence-corrected chi connectivity index (χ1v) is 8.32. The van der Waals surface area contributed by atoms with Gasteiger partial charge in [-0.05, 0) is 23.3 Å². The molecule has 0 unspecified atom stereocenters. The first-order valence-electron chi connectivity index (χ1n) is 8.32. The normalized spacial score (nSPS) is 16.6. The van der Waals surface area contributed by atoms with Crippen molar-refractivity contribution in [2.24, 2.45) is 0 Å². The van der Waals surface area contributed by atoms with Gasteiger partial charge in [0.25, 0.3) is 0 Å². The first-order chi connectivity index (χ1) is 12.0. The van der Waals surface area contributed by atoms with Gasteiger partial charge in [-0.1, -0.05) is 42.5 Å². The molecule has 0 radical (unpaired) electrons. The van der Waals surface area contributed by atoms with E-state index in [2.05, 4.69) is 5.32 Å². The molecule has 1 atom stereocenters. The highest BCUT2D eigenvalue weighted by atomic mass is 35.5. The van der Waals surface area contributed by atoms with Gasteiger partial charge in [0.15, 0.2) is 0 Å². The maximum atomic E-state index is 13.7. The van der Waals surface area contributed by atoms with Crippen LogP contribution < -0.4 is 10.1 Å². The Balaban J connectivity index is 0.00000243. The smallest absolute Gasteiger partial charge is 0.408 e. The van der Waals surface area contributed by atoms with E-state index in [4.69, 9.17) is 4.74 Å². The molecule has 1 saturated heterocycles. The molecule has 1 aliphatic heterocycles. The number of alkyl halides is 3. The van der Waals surface area contributed by atoms with E-state index in [1.54, 1.807) is 12.1 Å². The Labute approximate surface area is 157 Å². The molecule has 0 aromatic heterocycles. The Morgan fingerprint density at radius 1 is 1.00 bits per heavy atom. The second-order valence-corrected chi connectivity index (χ2v) is 6.08. The number of halogens is 4. The molecule has 0 amide bonds. The van der Waals surface area contributed by atoms with E-state index in [9.17, 15) is 13.2 Å². The van der Waals surface area contributed by atoms with Gasteiger partial charge in [0.2, 0.25) is 0 Å². The monoisotopic (exact) mass is 386 g/mol. The summed E-state index contributed by atoms with van der Waals surface area (Å²) in [6.45, 7) is 2.21. The molecule has 0 aliphatic carbocycles. The second-order valence-electron chi connectivity index (χ2n) is 6.08. The van der Waals surface area contributed by atoms with Crippen molar-refractivity contribution in [3.8, 4) is 5.75 Å². The molecule has 0 saturated carbocycles. The summed E-state index contributed by atoms with van der Waals surface area (Å²) in [6, 6.07) is 14.3. The zero-order valence-corrected chi connectivity index (χ0v) is 15.0. The Hall–Kier alpha value is -1.76. The number of hydrogen-bond donors (Lipinski definition) is 1. The maximum absolute atomic E-state index is 13.7. The summed E-state index contributed by atoms with van der Waals surface area (Å²) in [5.41, 5.74) is 1.20. The fraction of sp³-hybridized carbons (Fsp3) is 0.368. The van der Waals surface area contributed by atoms with Gasteiger partial charge in [0, 0.05) is 26.2 Å². The predicted octanol–water partition coefficient (Wildman–Crippen LogP) is 4.20.